The summed E-state index contributed by atoms with van der Waals surface area (Å²) in [5, 5.41) is 6.20. The minimum Gasteiger partial charge on any atom is -0.492 e. The predicted octanol–water partition coefficient (Wildman–Crippen LogP) is 1.70. The van der Waals surface area contributed by atoms with Crippen LogP contribution in [0.1, 0.15) is 12.0 Å². The molecule has 0 bridgehead atoms. The zero-order chi connectivity index (χ0) is 15.1. The smallest absolute Gasteiger partial charge is 0.224 e. The number of carbonyl (C=O) groups is 1. The number of amides is 1. The Kier molecular flexibility index (Phi) is 11.0. The van der Waals surface area contributed by atoms with E-state index in [1.807, 2.05) is 38.4 Å². The summed E-state index contributed by atoms with van der Waals surface area (Å²) in [6.07, 6.45) is 0.935. The number of nitrogens with zero attached hydrogens (tertiary/aromatic N) is 1. The highest BCUT2D eigenvalue weighted by Gasteiger charge is 2.21. The van der Waals surface area contributed by atoms with Crippen molar-refractivity contribution in [1.29, 1.82) is 0 Å². The molecule has 1 heterocycles. The molecule has 1 saturated heterocycles. The molecular weight excluding hydrogens is 337 g/mol. The van der Waals surface area contributed by atoms with Crippen LogP contribution < -0.4 is 15.4 Å². The van der Waals surface area contributed by atoms with Crippen LogP contribution in [0.5, 0.6) is 5.75 Å². The van der Waals surface area contributed by atoms with Crippen LogP contribution in [0.15, 0.2) is 24.3 Å². The van der Waals surface area contributed by atoms with Gasteiger partial charge in [-0.3, -0.25) is 4.79 Å². The second-order valence-electron chi connectivity index (χ2n) is 5.70. The van der Waals surface area contributed by atoms with Crippen molar-refractivity contribution in [1.82, 2.24) is 15.5 Å². The maximum absolute atomic E-state index is 11.9. The van der Waals surface area contributed by atoms with Gasteiger partial charge in [0.05, 0.1) is 5.92 Å². The Morgan fingerprint density at radius 1 is 1.30 bits per heavy atom. The summed E-state index contributed by atoms with van der Waals surface area (Å²) in [6.45, 7) is 3.89. The van der Waals surface area contributed by atoms with Gasteiger partial charge in [-0.25, -0.2) is 0 Å². The number of carbonyl (C=O) groups excluding carboxylic acids is 1. The minimum atomic E-state index is 0. The largest absolute Gasteiger partial charge is 0.492 e. The van der Waals surface area contributed by atoms with Crippen LogP contribution >= 0.6 is 24.8 Å². The van der Waals surface area contributed by atoms with Gasteiger partial charge in [0, 0.05) is 19.6 Å². The first kappa shape index (κ1) is 22.0. The Morgan fingerprint density at radius 2 is 2.00 bits per heavy atom. The molecule has 1 aromatic rings. The Labute approximate surface area is 151 Å². The van der Waals surface area contributed by atoms with Gasteiger partial charge in [-0.1, -0.05) is 12.1 Å². The van der Waals surface area contributed by atoms with Crippen molar-refractivity contribution in [3.05, 3.63) is 29.8 Å². The molecule has 0 aliphatic carbocycles. The van der Waals surface area contributed by atoms with Crippen molar-refractivity contribution in [2.24, 2.45) is 5.92 Å². The summed E-state index contributed by atoms with van der Waals surface area (Å²) in [5.74, 6) is 1.14. The molecule has 1 aromatic carbocycles. The Morgan fingerprint density at radius 3 is 2.57 bits per heavy atom. The molecule has 0 radical (unpaired) electrons. The van der Waals surface area contributed by atoms with Crippen molar-refractivity contribution in [3.8, 4) is 5.75 Å². The van der Waals surface area contributed by atoms with Crippen LogP contribution in [-0.4, -0.2) is 51.1 Å². The molecule has 1 amide bonds. The summed E-state index contributed by atoms with van der Waals surface area (Å²) >= 11 is 0. The van der Waals surface area contributed by atoms with E-state index in [9.17, 15) is 4.79 Å². The maximum Gasteiger partial charge on any atom is 0.224 e. The number of nitrogens with one attached hydrogen (secondary N) is 2. The molecule has 7 heteroatoms. The summed E-state index contributed by atoms with van der Waals surface area (Å²) in [5.41, 5.74) is 1.09. The molecule has 0 aromatic heterocycles. The van der Waals surface area contributed by atoms with Gasteiger partial charge in [-0.05, 0) is 44.8 Å². The lowest BCUT2D eigenvalue weighted by Gasteiger charge is -2.12. The average molecular weight is 364 g/mol. The van der Waals surface area contributed by atoms with Crippen molar-refractivity contribution < 1.29 is 9.53 Å². The number of rotatable bonds is 7. The van der Waals surface area contributed by atoms with E-state index in [1.54, 1.807) is 0 Å². The zero-order valence-electron chi connectivity index (χ0n) is 13.7. The molecule has 5 nitrogen and oxygen atoms in total. The standard InChI is InChI=1S/C16H25N3O2.2ClH/c1-19(2)9-10-21-15-5-3-13(4-6-15)11-18-16(20)14-7-8-17-12-14;;/h3-6,14,17H,7-12H2,1-2H3,(H,18,20);2*1H. The monoisotopic (exact) mass is 363 g/mol. The third-order valence-corrected chi connectivity index (χ3v) is 3.63. The van der Waals surface area contributed by atoms with Gasteiger partial charge in [-0.2, -0.15) is 0 Å². The van der Waals surface area contributed by atoms with E-state index in [2.05, 4.69) is 15.5 Å². The number of ether oxygens (including phenoxy) is 1. The first-order valence-corrected chi connectivity index (χ1v) is 7.50. The first-order chi connectivity index (χ1) is 10.1. The fourth-order valence-electron chi connectivity index (χ4n) is 2.26. The molecule has 1 fully saturated rings. The van der Waals surface area contributed by atoms with E-state index < -0.39 is 0 Å². The summed E-state index contributed by atoms with van der Waals surface area (Å²) in [4.78, 5) is 14.0. The third-order valence-electron chi connectivity index (χ3n) is 3.63. The van der Waals surface area contributed by atoms with Crippen molar-refractivity contribution in [2.45, 2.75) is 13.0 Å². The van der Waals surface area contributed by atoms with E-state index in [4.69, 9.17) is 4.74 Å². The quantitative estimate of drug-likeness (QED) is 0.773. The van der Waals surface area contributed by atoms with Gasteiger partial charge in [0.15, 0.2) is 0 Å². The second kappa shape index (κ2) is 11.5. The number of likely N-dealkylation sites (N-methyl/N-ethyl adjacent to an activating group) is 1. The number of benzene rings is 1. The molecule has 1 aliphatic heterocycles. The third kappa shape index (κ3) is 7.88. The maximum atomic E-state index is 11.9. The van der Waals surface area contributed by atoms with Crippen LogP contribution in [0.2, 0.25) is 0 Å². The number of hydrogen-bond donors (Lipinski definition) is 2. The van der Waals surface area contributed by atoms with Crippen LogP contribution in [0.3, 0.4) is 0 Å². The zero-order valence-corrected chi connectivity index (χ0v) is 15.3. The lowest BCUT2D eigenvalue weighted by atomic mass is 10.1. The minimum absolute atomic E-state index is 0. The van der Waals surface area contributed by atoms with Crippen LogP contribution in [0, 0.1) is 5.92 Å². The van der Waals surface area contributed by atoms with E-state index in [0.29, 0.717) is 13.2 Å². The second-order valence-corrected chi connectivity index (χ2v) is 5.70. The van der Waals surface area contributed by atoms with E-state index in [0.717, 1.165) is 37.4 Å². The van der Waals surface area contributed by atoms with Gasteiger partial charge >= 0.3 is 0 Å². The lowest BCUT2D eigenvalue weighted by Crippen LogP contribution is -2.31. The Balaban J connectivity index is 0.00000242. The van der Waals surface area contributed by atoms with Crippen molar-refractivity contribution in [2.75, 3.05) is 40.3 Å². The molecule has 1 unspecified atom stereocenters. The lowest BCUT2D eigenvalue weighted by molar-refractivity contribution is -0.124. The van der Waals surface area contributed by atoms with Gasteiger partial charge in [0.25, 0.3) is 0 Å². The first-order valence-electron chi connectivity index (χ1n) is 7.50. The highest BCUT2D eigenvalue weighted by atomic mass is 35.5. The highest BCUT2D eigenvalue weighted by molar-refractivity contribution is 5.85. The van der Waals surface area contributed by atoms with Gasteiger partial charge < -0.3 is 20.3 Å². The van der Waals surface area contributed by atoms with Crippen LogP contribution in [0.25, 0.3) is 0 Å². The van der Waals surface area contributed by atoms with E-state index >= 15 is 0 Å². The highest BCUT2D eigenvalue weighted by Crippen LogP contribution is 2.13. The molecule has 0 spiro atoms. The normalized spacial score (nSPS) is 16.4. The van der Waals surface area contributed by atoms with Gasteiger partial charge in [-0.15, -0.1) is 24.8 Å². The summed E-state index contributed by atoms with van der Waals surface area (Å²) in [6, 6.07) is 7.90. The van der Waals surface area contributed by atoms with Crippen molar-refractivity contribution >= 4 is 30.7 Å². The molecule has 23 heavy (non-hydrogen) atoms. The molecule has 132 valence electrons. The fraction of sp³-hybridized carbons (Fsp3) is 0.562. The summed E-state index contributed by atoms with van der Waals surface area (Å²) < 4.78 is 5.64. The molecule has 1 atom stereocenters. The Hall–Kier alpha value is -1.01. The Bertz CT molecular complexity index is 449. The summed E-state index contributed by atoms with van der Waals surface area (Å²) in [7, 11) is 4.05. The SMILES string of the molecule is CN(C)CCOc1ccc(CNC(=O)C2CCNC2)cc1.Cl.Cl. The van der Waals surface area contributed by atoms with Crippen LogP contribution in [-0.2, 0) is 11.3 Å². The topological polar surface area (TPSA) is 53.6 Å². The number of hydrogen-bond acceptors (Lipinski definition) is 4. The molecular formula is C16H27Cl2N3O2. The number of halogens is 2. The van der Waals surface area contributed by atoms with Gasteiger partial charge in [0.2, 0.25) is 5.91 Å². The molecule has 0 saturated carbocycles. The predicted molar refractivity (Wildman–Crippen MR) is 97.8 cm³/mol. The van der Waals surface area contributed by atoms with Gasteiger partial charge in [0.1, 0.15) is 12.4 Å². The van der Waals surface area contributed by atoms with Crippen molar-refractivity contribution in [3.63, 3.8) is 0 Å². The van der Waals surface area contributed by atoms with E-state index in [-0.39, 0.29) is 36.6 Å². The molecule has 1 aliphatic rings. The van der Waals surface area contributed by atoms with Crippen LogP contribution in [0.4, 0.5) is 0 Å². The fourth-order valence-corrected chi connectivity index (χ4v) is 2.26. The van der Waals surface area contributed by atoms with E-state index in [1.165, 1.54) is 0 Å². The average Bonchev–Trinajstić information content (AvgIpc) is 3.00. The molecule has 2 N–H and O–H groups in total. The molecule has 2 rings (SSSR count).